The molecule has 0 radical (unpaired) electrons. The molecule has 0 aromatic rings. The molecule has 1 saturated heterocycles. The molecule has 0 bridgehead atoms. The number of imide groups is 1. The van der Waals surface area contributed by atoms with Crippen LogP contribution >= 0.6 is 0 Å². The molecule has 0 N–H and O–H groups in total. The summed E-state index contributed by atoms with van der Waals surface area (Å²) in [6, 6.07) is 0. The van der Waals surface area contributed by atoms with Crippen molar-refractivity contribution in [3.05, 3.63) is 0 Å². The molecule has 0 aliphatic carbocycles. The lowest BCUT2D eigenvalue weighted by Crippen LogP contribution is -2.31. The van der Waals surface area contributed by atoms with Crippen molar-refractivity contribution in [2.24, 2.45) is 5.92 Å². The van der Waals surface area contributed by atoms with Crippen molar-refractivity contribution in [1.29, 1.82) is 0 Å². The van der Waals surface area contributed by atoms with Crippen molar-refractivity contribution in [3.63, 3.8) is 0 Å². The monoisotopic (exact) mass is 213 g/mol. The van der Waals surface area contributed by atoms with E-state index >= 15 is 0 Å². The molecule has 86 valence electrons. The largest absolute Gasteiger partial charge is 0.382 e. The van der Waals surface area contributed by atoms with E-state index in [1.807, 2.05) is 6.92 Å². The highest BCUT2D eigenvalue weighted by Crippen LogP contribution is 2.19. The first-order chi connectivity index (χ1) is 7.06. The minimum Gasteiger partial charge on any atom is -0.382 e. The van der Waals surface area contributed by atoms with Gasteiger partial charge in [0.05, 0.1) is 6.10 Å². The van der Waals surface area contributed by atoms with Crippen LogP contribution in [0.4, 0.5) is 0 Å². The Kier molecular flexibility index (Phi) is 4.27. The van der Waals surface area contributed by atoms with Crippen LogP contribution in [0.15, 0.2) is 0 Å². The molecular formula is C11H19NO3. The topological polar surface area (TPSA) is 46.6 Å². The van der Waals surface area contributed by atoms with Crippen molar-refractivity contribution < 1.29 is 14.3 Å². The number of likely N-dealkylation sites (tertiary alicyclic amines) is 1. The molecule has 0 saturated carbocycles. The van der Waals surface area contributed by atoms with Gasteiger partial charge >= 0.3 is 0 Å². The lowest BCUT2D eigenvalue weighted by Gasteiger charge is -2.15. The summed E-state index contributed by atoms with van der Waals surface area (Å²) in [7, 11) is 1.67. The van der Waals surface area contributed by atoms with Gasteiger partial charge in [0.1, 0.15) is 0 Å². The van der Waals surface area contributed by atoms with Crippen LogP contribution in [-0.4, -0.2) is 36.5 Å². The van der Waals surface area contributed by atoms with Crippen molar-refractivity contribution >= 4 is 11.8 Å². The molecule has 15 heavy (non-hydrogen) atoms. The number of methoxy groups -OCH3 is 1. The lowest BCUT2D eigenvalue weighted by atomic mass is 10.1. The zero-order valence-electron chi connectivity index (χ0n) is 9.66. The van der Waals surface area contributed by atoms with Crippen LogP contribution in [0.2, 0.25) is 0 Å². The summed E-state index contributed by atoms with van der Waals surface area (Å²) < 4.78 is 5.10. The predicted octanol–water partition coefficient (Wildman–Crippen LogP) is 1.20. The summed E-state index contributed by atoms with van der Waals surface area (Å²) in [4.78, 5) is 24.3. The van der Waals surface area contributed by atoms with Gasteiger partial charge in [-0.15, -0.1) is 0 Å². The Morgan fingerprint density at radius 2 is 2.20 bits per heavy atom. The summed E-state index contributed by atoms with van der Waals surface area (Å²) >= 11 is 0. The molecule has 2 amide bonds. The third kappa shape index (κ3) is 3.02. The molecule has 1 aliphatic rings. The Bertz CT molecular complexity index is 252. The molecule has 4 nitrogen and oxygen atoms in total. The molecular weight excluding hydrogens is 194 g/mol. The second-order valence-corrected chi connectivity index (χ2v) is 4.18. The average Bonchev–Trinajstić information content (AvgIpc) is 2.44. The van der Waals surface area contributed by atoms with Crippen LogP contribution in [0.5, 0.6) is 0 Å². The van der Waals surface area contributed by atoms with Gasteiger partial charge in [-0.05, 0) is 19.8 Å². The molecule has 4 heteroatoms. The van der Waals surface area contributed by atoms with Crippen molar-refractivity contribution in [2.75, 3.05) is 13.7 Å². The van der Waals surface area contributed by atoms with Gasteiger partial charge in [0.15, 0.2) is 0 Å². The van der Waals surface area contributed by atoms with Crippen LogP contribution in [0, 0.1) is 5.92 Å². The maximum absolute atomic E-state index is 11.5. The Balaban J connectivity index is 2.32. The quantitative estimate of drug-likeness (QED) is 0.645. The smallest absolute Gasteiger partial charge is 0.232 e. The fourth-order valence-electron chi connectivity index (χ4n) is 1.74. The number of hydrogen-bond donors (Lipinski definition) is 0. The Morgan fingerprint density at radius 3 is 2.67 bits per heavy atom. The third-order valence-corrected chi connectivity index (χ3v) is 2.86. The van der Waals surface area contributed by atoms with Crippen LogP contribution in [0.1, 0.15) is 33.1 Å². The van der Waals surface area contributed by atoms with Gasteiger partial charge < -0.3 is 4.74 Å². The van der Waals surface area contributed by atoms with E-state index in [9.17, 15) is 9.59 Å². The summed E-state index contributed by atoms with van der Waals surface area (Å²) in [6.07, 6.45) is 2.26. The predicted molar refractivity (Wildman–Crippen MR) is 56.2 cm³/mol. The maximum atomic E-state index is 11.5. The third-order valence-electron chi connectivity index (χ3n) is 2.86. The Hall–Kier alpha value is -0.900. The summed E-state index contributed by atoms with van der Waals surface area (Å²) in [5.41, 5.74) is 0. The first kappa shape index (κ1) is 12.2. The lowest BCUT2D eigenvalue weighted by molar-refractivity contribution is -0.139. The van der Waals surface area contributed by atoms with E-state index in [0.29, 0.717) is 13.0 Å². The Labute approximate surface area is 90.6 Å². The Morgan fingerprint density at radius 1 is 1.53 bits per heavy atom. The van der Waals surface area contributed by atoms with Crippen LogP contribution in [0.3, 0.4) is 0 Å². The zero-order valence-corrected chi connectivity index (χ0v) is 9.66. The molecule has 0 aromatic heterocycles. The van der Waals surface area contributed by atoms with Crippen LogP contribution < -0.4 is 0 Å². The van der Waals surface area contributed by atoms with E-state index in [4.69, 9.17) is 4.74 Å². The van der Waals surface area contributed by atoms with Crippen molar-refractivity contribution in [1.82, 2.24) is 4.90 Å². The first-order valence-electron chi connectivity index (χ1n) is 5.43. The van der Waals surface area contributed by atoms with Gasteiger partial charge in [-0.25, -0.2) is 0 Å². The van der Waals surface area contributed by atoms with Gasteiger partial charge in [0.2, 0.25) is 11.8 Å². The SMILES string of the molecule is COC(C)CCCN1C(=O)CC(C)C1=O. The highest BCUT2D eigenvalue weighted by Gasteiger charge is 2.34. The van der Waals surface area contributed by atoms with Crippen molar-refractivity contribution in [2.45, 2.75) is 39.2 Å². The maximum Gasteiger partial charge on any atom is 0.232 e. The summed E-state index contributed by atoms with van der Waals surface area (Å²) in [6.45, 7) is 4.32. The number of carbonyl (C=O) groups excluding carboxylic acids is 2. The second kappa shape index (κ2) is 5.26. The molecule has 2 unspecified atom stereocenters. The number of amides is 2. The van der Waals surface area contributed by atoms with Crippen molar-refractivity contribution in [3.8, 4) is 0 Å². The fraction of sp³-hybridized carbons (Fsp3) is 0.818. The highest BCUT2D eigenvalue weighted by molar-refractivity contribution is 6.03. The van der Waals surface area contributed by atoms with E-state index < -0.39 is 0 Å². The summed E-state index contributed by atoms with van der Waals surface area (Å²) in [5, 5.41) is 0. The van der Waals surface area contributed by atoms with E-state index in [0.717, 1.165) is 12.8 Å². The minimum atomic E-state index is -0.127. The van der Waals surface area contributed by atoms with Gasteiger partial charge in [-0.1, -0.05) is 6.92 Å². The minimum absolute atomic E-state index is 0.0231. The molecule has 1 heterocycles. The number of ether oxygens (including phenoxy) is 1. The van der Waals surface area contributed by atoms with E-state index in [1.54, 1.807) is 14.0 Å². The average molecular weight is 213 g/mol. The number of hydrogen-bond acceptors (Lipinski definition) is 3. The van der Waals surface area contributed by atoms with Gasteiger partial charge in [0.25, 0.3) is 0 Å². The van der Waals surface area contributed by atoms with E-state index in [2.05, 4.69) is 0 Å². The molecule has 2 atom stereocenters. The first-order valence-corrected chi connectivity index (χ1v) is 5.43. The normalized spacial score (nSPS) is 23.7. The number of carbonyl (C=O) groups is 2. The van der Waals surface area contributed by atoms with E-state index in [1.165, 1.54) is 4.90 Å². The summed E-state index contributed by atoms with van der Waals surface area (Å²) in [5.74, 6) is -0.181. The highest BCUT2D eigenvalue weighted by atomic mass is 16.5. The molecule has 1 fully saturated rings. The molecule has 0 aromatic carbocycles. The fourth-order valence-corrected chi connectivity index (χ4v) is 1.74. The molecule has 0 spiro atoms. The second-order valence-electron chi connectivity index (χ2n) is 4.18. The van der Waals surface area contributed by atoms with Gasteiger partial charge in [-0.2, -0.15) is 0 Å². The van der Waals surface area contributed by atoms with Gasteiger partial charge in [-0.3, -0.25) is 14.5 Å². The standard InChI is InChI=1S/C11H19NO3/c1-8-7-10(13)12(11(8)14)6-4-5-9(2)15-3/h8-9H,4-7H2,1-3H3. The number of nitrogens with zero attached hydrogens (tertiary/aromatic N) is 1. The molecule has 1 aliphatic heterocycles. The number of rotatable bonds is 5. The zero-order chi connectivity index (χ0) is 11.4. The van der Waals surface area contributed by atoms with Crippen LogP contribution in [0.25, 0.3) is 0 Å². The molecule has 1 rings (SSSR count). The van der Waals surface area contributed by atoms with E-state index in [-0.39, 0.29) is 23.8 Å². The van der Waals surface area contributed by atoms with Gasteiger partial charge in [0, 0.05) is 26.0 Å². The van der Waals surface area contributed by atoms with Crippen LogP contribution in [-0.2, 0) is 14.3 Å².